The van der Waals surface area contributed by atoms with E-state index in [9.17, 15) is 4.79 Å². The molecule has 0 amide bonds. The molecule has 116 valence electrons. The zero-order chi connectivity index (χ0) is 16.5. The van der Waals surface area contributed by atoms with Crippen molar-refractivity contribution in [2.75, 3.05) is 13.2 Å². The quantitative estimate of drug-likeness (QED) is 0.438. The zero-order valence-corrected chi connectivity index (χ0v) is 13.8. The molecule has 0 aromatic heterocycles. The van der Waals surface area contributed by atoms with Crippen molar-refractivity contribution in [2.45, 2.75) is 0 Å². The first-order chi connectivity index (χ1) is 11.2. The number of nitriles is 1. The summed E-state index contributed by atoms with van der Waals surface area (Å²) < 4.78 is 11.4. The van der Waals surface area contributed by atoms with E-state index in [0.29, 0.717) is 11.3 Å². The molecule has 0 aliphatic carbocycles. The van der Waals surface area contributed by atoms with Crippen LogP contribution < -0.4 is 4.74 Å². The monoisotopic (exact) mass is 371 g/mol. The minimum atomic E-state index is -0.420. The lowest BCUT2D eigenvalue weighted by molar-refractivity contribution is -0.138. The lowest BCUT2D eigenvalue weighted by Gasteiger charge is -2.06. The Balaban J connectivity index is 1.70. The van der Waals surface area contributed by atoms with Gasteiger partial charge in [0.25, 0.3) is 0 Å². The summed E-state index contributed by atoms with van der Waals surface area (Å²) in [5, 5.41) is 8.69. The van der Waals surface area contributed by atoms with Crippen molar-refractivity contribution >= 4 is 28.0 Å². The minimum absolute atomic E-state index is 0.156. The topological polar surface area (TPSA) is 59.3 Å². The van der Waals surface area contributed by atoms with Gasteiger partial charge in [0.2, 0.25) is 0 Å². The number of nitrogens with zero attached hydrogens (tertiary/aromatic N) is 1. The van der Waals surface area contributed by atoms with Crippen LogP contribution in [0.3, 0.4) is 0 Å². The first kappa shape index (κ1) is 16.8. The third-order valence-corrected chi connectivity index (χ3v) is 3.39. The lowest BCUT2D eigenvalue weighted by Crippen LogP contribution is -2.10. The summed E-state index contributed by atoms with van der Waals surface area (Å²) in [6.07, 6.45) is 3.07. The second kappa shape index (κ2) is 8.76. The number of hydrogen-bond donors (Lipinski definition) is 0. The molecular weight excluding hydrogens is 358 g/mol. The Morgan fingerprint density at radius 2 is 1.78 bits per heavy atom. The van der Waals surface area contributed by atoms with Gasteiger partial charge in [0, 0.05) is 10.5 Å². The Bertz CT molecular complexity index is 715. The number of benzene rings is 2. The number of ether oxygens (including phenoxy) is 2. The van der Waals surface area contributed by atoms with E-state index in [0.717, 1.165) is 10.0 Å². The van der Waals surface area contributed by atoms with E-state index in [4.69, 9.17) is 14.7 Å². The fraction of sp³-hybridized carbons (Fsp3) is 0.111. The van der Waals surface area contributed by atoms with Crippen LogP contribution in [0.1, 0.15) is 11.1 Å². The fourth-order valence-corrected chi connectivity index (χ4v) is 1.98. The van der Waals surface area contributed by atoms with E-state index in [2.05, 4.69) is 15.9 Å². The second-order valence-electron chi connectivity index (χ2n) is 4.54. The van der Waals surface area contributed by atoms with E-state index < -0.39 is 5.97 Å². The van der Waals surface area contributed by atoms with Crippen molar-refractivity contribution in [3.8, 4) is 11.8 Å². The minimum Gasteiger partial charge on any atom is -0.490 e. The van der Waals surface area contributed by atoms with Crippen LogP contribution in [0.4, 0.5) is 0 Å². The molecule has 4 nitrogen and oxygen atoms in total. The van der Waals surface area contributed by atoms with Crippen LogP contribution in [0, 0.1) is 11.3 Å². The Morgan fingerprint density at radius 3 is 2.43 bits per heavy atom. The fourth-order valence-electron chi connectivity index (χ4n) is 1.71. The summed E-state index contributed by atoms with van der Waals surface area (Å²) >= 11 is 3.35. The van der Waals surface area contributed by atoms with Gasteiger partial charge in [-0.15, -0.1) is 0 Å². The van der Waals surface area contributed by atoms with Gasteiger partial charge in [-0.1, -0.05) is 28.1 Å². The van der Waals surface area contributed by atoms with Gasteiger partial charge in [-0.2, -0.15) is 5.26 Å². The van der Waals surface area contributed by atoms with Gasteiger partial charge in [-0.3, -0.25) is 0 Å². The van der Waals surface area contributed by atoms with E-state index in [-0.39, 0.29) is 13.2 Å². The molecule has 2 aromatic rings. The van der Waals surface area contributed by atoms with Gasteiger partial charge in [-0.05, 0) is 48.0 Å². The van der Waals surface area contributed by atoms with Crippen LogP contribution in [0.2, 0.25) is 0 Å². The molecule has 0 saturated heterocycles. The van der Waals surface area contributed by atoms with Crippen LogP contribution in [0.15, 0.2) is 59.1 Å². The molecule has 0 atom stereocenters. The maximum atomic E-state index is 11.6. The number of carbonyl (C=O) groups is 1. The zero-order valence-electron chi connectivity index (χ0n) is 12.2. The molecule has 2 aromatic carbocycles. The molecule has 5 heteroatoms. The number of hydrogen-bond acceptors (Lipinski definition) is 4. The molecule has 23 heavy (non-hydrogen) atoms. The molecule has 0 heterocycles. The van der Waals surface area contributed by atoms with Crippen LogP contribution >= 0.6 is 15.9 Å². The molecule has 0 unspecified atom stereocenters. The molecule has 0 fully saturated rings. The maximum Gasteiger partial charge on any atom is 0.330 e. The van der Waals surface area contributed by atoms with Gasteiger partial charge in [0.1, 0.15) is 19.0 Å². The molecule has 0 aliphatic heterocycles. The molecule has 0 N–H and O–H groups in total. The Labute approximate surface area is 143 Å². The molecule has 2 rings (SSSR count). The standard InChI is InChI=1S/C18H14BrNO3/c19-16-6-1-14(2-7-16)5-10-18(21)23-12-11-22-17-8-3-15(13-20)4-9-17/h1-10H,11-12H2/b10-5+. The van der Waals surface area contributed by atoms with Gasteiger partial charge in [0.15, 0.2) is 0 Å². The average molecular weight is 372 g/mol. The van der Waals surface area contributed by atoms with Gasteiger partial charge in [-0.25, -0.2) is 4.79 Å². The normalized spacial score (nSPS) is 10.3. The smallest absolute Gasteiger partial charge is 0.330 e. The molecule has 0 saturated carbocycles. The summed E-state index contributed by atoms with van der Waals surface area (Å²) in [6.45, 7) is 0.410. The largest absolute Gasteiger partial charge is 0.490 e. The van der Waals surface area contributed by atoms with Crippen molar-refractivity contribution < 1.29 is 14.3 Å². The molecular formula is C18H14BrNO3. The highest BCUT2D eigenvalue weighted by Gasteiger charge is 1.99. The van der Waals surface area contributed by atoms with Crippen LogP contribution in [0.5, 0.6) is 5.75 Å². The van der Waals surface area contributed by atoms with E-state index in [1.165, 1.54) is 6.08 Å². The van der Waals surface area contributed by atoms with E-state index >= 15 is 0 Å². The van der Waals surface area contributed by atoms with Crippen LogP contribution in [0.25, 0.3) is 6.08 Å². The molecule has 0 bridgehead atoms. The Hall–Kier alpha value is -2.58. The Kier molecular flexibility index (Phi) is 6.40. The van der Waals surface area contributed by atoms with Crippen molar-refractivity contribution in [1.82, 2.24) is 0 Å². The van der Waals surface area contributed by atoms with E-state index in [1.807, 2.05) is 30.3 Å². The summed E-state index contributed by atoms with van der Waals surface area (Å²) in [6, 6.07) is 16.4. The predicted molar refractivity (Wildman–Crippen MR) is 90.8 cm³/mol. The maximum absolute atomic E-state index is 11.6. The van der Waals surface area contributed by atoms with Gasteiger partial charge >= 0.3 is 5.97 Å². The summed E-state index contributed by atoms with van der Waals surface area (Å²) in [4.78, 5) is 11.6. The predicted octanol–water partition coefficient (Wildman–Crippen LogP) is 3.96. The summed E-state index contributed by atoms with van der Waals surface area (Å²) in [5.74, 6) is 0.210. The van der Waals surface area contributed by atoms with E-state index in [1.54, 1.807) is 30.3 Å². The summed E-state index contributed by atoms with van der Waals surface area (Å²) in [7, 11) is 0. The third-order valence-electron chi connectivity index (χ3n) is 2.86. The van der Waals surface area contributed by atoms with Crippen LogP contribution in [-0.2, 0) is 9.53 Å². The number of rotatable bonds is 6. The number of carbonyl (C=O) groups excluding carboxylic acids is 1. The van der Waals surface area contributed by atoms with Crippen LogP contribution in [-0.4, -0.2) is 19.2 Å². The van der Waals surface area contributed by atoms with Crippen molar-refractivity contribution in [2.24, 2.45) is 0 Å². The number of halogens is 1. The summed E-state index contributed by atoms with van der Waals surface area (Å²) in [5.41, 5.74) is 1.49. The Morgan fingerprint density at radius 1 is 1.09 bits per heavy atom. The van der Waals surface area contributed by atoms with Gasteiger partial charge in [0.05, 0.1) is 11.6 Å². The average Bonchev–Trinajstić information content (AvgIpc) is 2.59. The van der Waals surface area contributed by atoms with Crippen molar-refractivity contribution in [3.63, 3.8) is 0 Å². The first-order valence-electron chi connectivity index (χ1n) is 6.91. The van der Waals surface area contributed by atoms with Crippen molar-refractivity contribution in [1.29, 1.82) is 5.26 Å². The molecule has 0 spiro atoms. The molecule has 0 aliphatic rings. The second-order valence-corrected chi connectivity index (χ2v) is 5.45. The lowest BCUT2D eigenvalue weighted by atomic mass is 10.2. The first-order valence-corrected chi connectivity index (χ1v) is 7.70. The number of esters is 1. The highest BCUT2D eigenvalue weighted by Crippen LogP contribution is 2.12. The highest BCUT2D eigenvalue weighted by atomic mass is 79.9. The third kappa shape index (κ3) is 5.97. The highest BCUT2D eigenvalue weighted by molar-refractivity contribution is 9.10. The van der Waals surface area contributed by atoms with Crippen molar-refractivity contribution in [3.05, 3.63) is 70.2 Å². The molecule has 0 radical (unpaired) electrons. The SMILES string of the molecule is N#Cc1ccc(OCCOC(=O)/C=C/c2ccc(Br)cc2)cc1. The van der Waals surface area contributed by atoms with Gasteiger partial charge < -0.3 is 9.47 Å².